The lowest BCUT2D eigenvalue weighted by atomic mass is 10.0. The summed E-state index contributed by atoms with van der Waals surface area (Å²) >= 11 is 0. The van der Waals surface area contributed by atoms with Crippen molar-refractivity contribution < 1.29 is 4.39 Å². The van der Waals surface area contributed by atoms with Gasteiger partial charge in [-0.2, -0.15) is 0 Å². The molecule has 0 amide bonds. The number of imidazole rings is 1. The number of piperidine rings is 1. The Morgan fingerprint density at radius 1 is 1.28 bits per heavy atom. The molecular weight excluding hydrogens is 231 g/mol. The van der Waals surface area contributed by atoms with Crippen LogP contribution < -0.4 is 5.32 Å². The van der Waals surface area contributed by atoms with E-state index >= 15 is 0 Å². The Labute approximate surface area is 105 Å². The van der Waals surface area contributed by atoms with Crippen LogP contribution in [0.2, 0.25) is 0 Å². The van der Waals surface area contributed by atoms with E-state index < -0.39 is 0 Å². The molecule has 94 valence electrons. The second kappa shape index (κ2) is 4.86. The quantitative estimate of drug-likeness (QED) is 0.883. The zero-order chi connectivity index (χ0) is 12.4. The van der Waals surface area contributed by atoms with Crippen molar-refractivity contribution in [3.63, 3.8) is 0 Å². The summed E-state index contributed by atoms with van der Waals surface area (Å²) in [6.45, 7) is 1.01. The van der Waals surface area contributed by atoms with Crippen molar-refractivity contribution in [1.82, 2.24) is 19.9 Å². The van der Waals surface area contributed by atoms with Gasteiger partial charge in [0.25, 0.3) is 0 Å². The number of hydrogen-bond donors (Lipinski definition) is 1. The molecule has 1 aliphatic rings. The summed E-state index contributed by atoms with van der Waals surface area (Å²) in [6.07, 6.45) is 9.76. The van der Waals surface area contributed by atoms with Gasteiger partial charge >= 0.3 is 0 Å². The molecule has 3 heterocycles. The first-order valence-electron chi connectivity index (χ1n) is 6.22. The fourth-order valence-corrected chi connectivity index (χ4v) is 2.43. The van der Waals surface area contributed by atoms with Crippen molar-refractivity contribution >= 4 is 0 Å². The molecule has 0 saturated carbocycles. The summed E-state index contributed by atoms with van der Waals surface area (Å²) in [5.74, 6) is -0.326. The maximum atomic E-state index is 13.8. The molecule has 4 nitrogen and oxygen atoms in total. The third-order valence-electron chi connectivity index (χ3n) is 3.35. The Balaban J connectivity index is 1.98. The van der Waals surface area contributed by atoms with Gasteiger partial charge in [0.15, 0.2) is 5.82 Å². The van der Waals surface area contributed by atoms with Gasteiger partial charge in [-0.25, -0.2) is 9.37 Å². The minimum Gasteiger partial charge on any atom is -0.309 e. The summed E-state index contributed by atoms with van der Waals surface area (Å²) < 4.78 is 15.6. The molecule has 0 aliphatic carbocycles. The number of pyridine rings is 1. The zero-order valence-electron chi connectivity index (χ0n) is 10.0. The van der Waals surface area contributed by atoms with Gasteiger partial charge in [-0.05, 0) is 25.5 Å². The molecule has 0 radical (unpaired) electrons. The molecule has 1 aliphatic heterocycles. The van der Waals surface area contributed by atoms with Crippen LogP contribution in [-0.4, -0.2) is 21.1 Å². The standard InChI is InChI=1S/C13H15FN4/c14-10-7-15-6-4-12(10)18-9-16-8-13(18)11-3-1-2-5-17-11/h4,6-9,11,17H,1-3,5H2. The average Bonchev–Trinajstić information content (AvgIpc) is 2.89. The van der Waals surface area contributed by atoms with Crippen molar-refractivity contribution in [1.29, 1.82) is 0 Å². The van der Waals surface area contributed by atoms with Gasteiger partial charge in [0.1, 0.15) is 0 Å². The molecule has 1 N–H and O–H groups in total. The fraction of sp³-hybridized carbons (Fsp3) is 0.385. The topological polar surface area (TPSA) is 42.7 Å². The van der Waals surface area contributed by atoms with Crippen LogP contribution in [0.4, 0.5) is 4.39 Å². The molecular formula is C13H15FN4. The van der Waals surface area contributed by atoms with Crippen LogP contribution in [0.3, 0.4) is 0 Å². The monoisotopic (exact) mass is 246 g/mol. The number of aromatic nitrogens is 3. The summed E-state index contributed by atoms with van der Waals surface area (Å²) in [6, 6.07) is 1.93. The zero-order valence-corrected chi connectivity index (χ0v) is 10.0. The second-order valence-electron chi connectivity index (χ2n) is 4.52. The summed E-state index contributed by atoms with van der Waals surface area (Å²) in [7, 11) is 0. The van der Waals surface area contributed by atoms with Crippen LogP contribution in [-0.2, 0) is 0 Å². The van der Waals surface area contributed by atoms with Crippen molar-refractivity contribution in [2.75, 3.05) is 6.54 Å². The molecule has 0 spiro atoms. The summed E-state index contributed by atoms with van der Waals surface area (Å²) in [5, 5.41) is 3.45. The van der Waals surface area contributed by atoms with Crippen LogP contribution >= 0.6 is 0 Å². The fourth-order valence-electron chi connectivity index (χ4n) is 2.43. The predicted molar refractivity (Wildman–Crippen MR) is 65.9 cm³/mol. The first-order chi connectivity index (χ1) is 8.86. The first kappa shape index (κ1) is 11.3. The number of halogens is 1. The average molecular weight is 246 g/mol. The Kier molecular flexibility index (Phi) is 3.06. The van der Waals surface area contributed by atoms with Crippen LogP contribution in [0.25, 0.3) is 5.69 Å². The van der Waals surface area contributed by atoms with E-state index in [1.165, 1.54) is 19.0 Å². The molecule has 18 heavy (non-hydrogen) atoms. The van der Waals surface area contributed by atoms with Gasteiger partial charge in [-0.3, -0.25) is 9.55 Å². The molecule has 5 heteroatoms. The van der Waals surface area contributed by atoms with Gasteiger partial charge in [0, 0.05) is 12.2 Å². The van der Waals surface area contributed by atoms with Crippen molar-refractivity contribution in [3.05, 3.63) is 42.5 Å². The maximum Gasteiger partial charge on any atom is 0.165 e. The molecule has 0 aromatic carbocycles. The van der Waals surface area contributed by atoms with E-state index in [0.717, 1.165) is 18.7 Å². The van der Waals surface area contributed by atoms with Crippen LogP contribution in [0.1, 0.15) is 31.0 Å². The predicted octanol–water partition coefficient (Wildman–Crippen LogP) is 2.22. The Bertz CT molecular complexity index is 531. The lowest BCUT2D eigenvalue weighted by Gasteiger charge is -2.24. The molecule has 1 saturated heterocycles. The minimum atomic E-state index is -0.326. The number of nitrogens with one attached hydrogen (secondary N) is 1. The van der Waals surface area contributed by atoms with Crippen LogP contribution in [0.15, 0.2) is 31.0 Å². The summed E-state index contributed by atoms with van der Waals surface area (Å²) in [4.78, 5) is 7.92. The van der Waals surface area contributed by atoms with Gasteiger partial charge < -0.3 is 5.32 Å². The maximum absolute atomic E-state index is 13.8. The SMILES string of the molecule is Fc1cnccc1-n1cncc1C1CCCCN1. The highest BCUT2D eigenvalue weighted by Crippen LogP contribution is 2.25. The van der Waals surface area contributed by atoms with Crippen molar-refractivity contribution in [2.24, 2.45) is 0 Å². The van der Waals surface area contributed by atoms with E-state index in [2.05, 4.69) is 15.3 Å². The highest BCUT2D eigenvalue weighted by Gasteiger charge is 2.19. The van der Waals surface area contributed by atoms with E-state index in [-0.39, 0.29) is 11.9 Å². The van der Waals surface area contributed by atoms with Crippen LogP contribution in [0, 0.1) is 5.82 Å². The molecule has 1 unspecified atom stereocenters. The number of nitrogens with zero attached hydrogens (tertiary/aromatic N) is 3. The highest BCUT2D eigenvalue weighted by molar-refractivity contribution is 5.33. The van der Waals surface area contributed by atoms with Gasteiger partial charge in [-0.15, -0.1) is 0 Å². The third-order valence-corrected chi connectivity index (χ3v) is 3.35. The third kappa shape index (κ3) is 2.01. The smallest absolute Gasteiger partial charge is 0.165 e. The van der Waals surface area contributed by atoms with Crippen LogP contribution in [0.5, 0.6) is 0 Å². The highest BCUT2D eigenvalue weighted by atomic mass is 19.1. The molecule has 1 fully saturated rings. The van der Waals surface area contributed by atoms with Crippen molar-refractivity contribution in [2.45, 2.75) is 25.3 Å². The van der Waals surface area contributed by atoms with E-state index in [1.54, 1.807) is 23.2 Å². The molecule has 3 rings (SSSR count). The van der Waals surface area contributed by atoms with Gasteiger partial charge in [-0.1, -0.05) is 6.42 Å². The minimum absolute atomic E-state index is 0.258. The van der Waals surface area contributed by atoms with E-state index in [4.69, 9.17) is 0 Å². The van der Waals surface area contributed by atoms with E-state index in [1.807, 2.05) is 6.20 Å². The first-order valence-corrected chi connectivity index (χ1v) is 6.22. The lowest BCUT2D eigenvalue weighted by molar-refractivity contribution is 0.401. The largest absolute Gasteiger partial charge is 0.309 e. The summed E-state index contributed by atoms with van der Waals surface area (Å²) in [5.41, 5.74) is 1.52. The van der Waals surface area contributed by atoms with E-state index in [9.17, 15) is 4.39 Å². The molecule has 2 aromatic heterocycles. The Morgan fingerprint density at radius 2 is 2.22 bits per heavy atom. The number of hydrogen-bond acceptors (Lipinski definition) is 3. The van der Waals surface area contributed by atoms with E-state index in [0.29, 0.717) is 5.69 Å². The lowest BCUT2D eigenvalue weighted by Crippen LogP contribution is -2.28. The normalized spacial score (nSPS) is 19.9. The number of rotatable bonds is 2. The molecule has 0 bridgehead atoms. The molecule has 1 atom stereocenters. The second-order valence-corrected chi connectivity index (χ2v) is 4.52. The van der Waals surface area contributed by atoms with Crippen molar-refractivity contribution in [3.8, 4) is 5.69 Å². The Morgan fingerprint density at radius 3 is 3.00 bits per heavy atom. The van der Waals surface area contributed by atoms with Gasteiger partial charge in [0.05, 0.1) is 30.1 Å². The van der Waals surface area contributed by atoms with Gasteiger partial charge in [0.2, 0.25) is 0 Å². The Hall–Kier alpha value is -1.75. The molecule has 2 aromatic rings.